The van der Waals surface area contributed by atoms with Crippen LogP contribution in [-0.4, -0.2) is 48.5 Å². The van der Waals surface area contributed by atoms with E-state index in [0.717, 1.165) is 12.8 Å². The summed E-state index contributed by atoms with van der Waals surface area (Å²) >= 11 is 0. The minimum Gasteiger partial charge on any atom is -0.508 e. The van der Waals surface area contributed by atoms with E-state index in [1.165, 1.54) is 25.3 Å². The molecular formula is C25H24FN3O5. The Morgan fingerprint density at radius 2 is 1.91 bits per heavy atom. The molecule has 9 heteroatoms. The van der Waals surface area contributed by atoms with Crippen LogP contribution in [-0.2, 0) is 4.74 Å². The third-order valence-electron chi connectivity index (χ3n) is 6.38. The van der Waals surface area contributed by atoms with E-state index in [1.807, 2.05) is 4.90 Å². The molecule has 5 rings (SSSR count). The highest BCUT2D eigenvalue weighted by atomic mass is 19.1. The van der Waals surface area contributed by atoms with Crippen LogP contribution in [0.15, 0.2) is 39.5 Å². The number of methoxy groups -OCH3 is 2. The lowest BCUT2D eigenvalue weighted by molar-refractivity contribution is 0.0818. The maximum absolute atomic E-state index is 14.8. The molecule has 3 heterocycles. The van der Waals surface area contributed by atoms with Gasteiger partial charge in [0.1, 0.15) is 22.7 Å². The van der Waals surface area contributed by atoms with Crippen LogP contribution in [0.4, 0.5) is 10.2 Å². The van der Waals surface area contributed by atoms with Crippen molar-refractivity contribution < 1.29 is 23.4 Å². The summed E-state index contributed by atoms with van der Waals surface area (Å²) in [6.07, 6.45) is 1.74. The van der Waals surface area contributed by atoms with Crippen molar-refractivity contribution in [2.45, 2.75) is 25.9 Å². The second-order valence-electron chi connectivity index (χ2n) is 8.35. The number of hydrogen-bond acceptors (Lipinski definition) is 8. The molecule has 0 unspecified atom stereocenters. The zero-order valence-electron chi connectivity index (χ0n) is 19.1. The number of phenols is 1. The van der Waals surface area contributed by atoms with Crippen LogP contribution >= 0.6 is 0 Å². The normalized spacial score (nSPS) is 14.8. The van der Waals surface area contributed by atoms with E-state index in [4.69, 9.17) is 13.9 Å². The summed E-state index contributed by atoms with van der Waals surface area (Å²) in [6, 6.07) is 7.53. The first kappa shape index (κ1) is 22.1. The molecule has 0 atom stereocenters. The monoisotopic (exact) mass is 465 g/mol. The Morgan fingerprint density at radius 1 is 1.15 bits per heavy atom. The minimum atomic E-state index is -0.644. The fourth-order valence-electron chi connectivity index (χ4n) is 4.64. The van der Waals surface area contributed by atoms with Gasteiger partial charge >= 0.3 is 11.6 Å². The summed E-state index contributed by atoms with van der Waals surface area (Å²) < 4.78 is 31.4. The number of ether oxygens (including phenoxy) is 2. The molecular weight excluding hydrogens is 441 g/mol. The van der Waals surface area contributed by atoms with Crippen molar-refractivity contribution in [3.63, 3.8) is 0 Å². The Hall–Kier alpha value is -3.72. The lowest BCUT2D eigenvalue weighted by atomic mass is 9.98. The van der Waals surface area contributed by atoms with E-state index >= 15 is 0 Å². The third kappa shape index (κ3) is 3.62. The van der Waals surface area contributed by atoms with Gasteiger partial charge in [-0.3, -0.25) is 0 Å². The molecule has 8 nitrogen and oxygen atoms in total. The number of piperidine rings is 1. The van der Waals surface area contributed by atoms with Crippen LogP contribution in [0, 0.1) is 12.7 Å². The Morgan fingerprint density at radius 3 is 2.62 bits per heavy atom. The SMILES string of the molecule is COc1nc(N2CCC(OC)CC2)c2c(=O)oc(-c3cc(O)cc4cccc(F)c34)c(C)c2n1. The van der Waals surface area contributed by atoms with Crippen molar-refractivity contribution in [2.75, 3.05) is 32.2 Å². The average molecular weight is 465 g/mol. The van der Waals surface area contributed by atoms with Crippen molar-refractivity contribution in [1.29, 1.82) is 0 Å². The highest BCUT2D eigenvalue weighted by Crippen LogP contribution is 2.38. The molecule has 2 aromatic carbocycles. The van der Waals surface area contributed by atoms with Gasteiger partial charge in [-0.05, 0) is 43.4 Å². The zero-order chi connectivity index (χ0) is 24.0. The zero-order valence-corrected chi connectivity index (χ0v) is 19.1. The summed E-state index contributed by atoms with van der Waals surface area (Å²) in [5.74, 6) is 0.00822. The summed E-state index contributed by atoms with van der Waals surface area (Å²) in [5.41, 5.74) is 0.493. The number of aromatic hydroxyl groups is 1. The van der Waals surface area contributed by atoms with E-state index in [0.29, 0.717) is 35.4 Å². The van der Waals surface area contributed by atoms with Gasteiger partial charge in [0.2, 0.25) is 0 Å². The summed E-state index contributed by atoms with van der Waals surface area (Å²) in [6.45, 7) is 3.04. The Balaban J connectivity index is 1.76. The van der Waals surface area contributed by atoms with Crippen molar-refractivity contribution in [3.8, 4) is 23.1 Å². The topological polar surface area (TPSA) is 97.9 Å². The van der Waals surface area contributed by atoms with Gasteiger partial charge in [-0.2, -0.15) is 9.97 Å². The number of aromatic nitrogens is 2. The maximum Gasteiger partial charge on any atom is 0.349 e. The van der Waals surface area contributed by atoms with E-state index in [1.54, 1.807) is 26.2 Å². The van der Waals surface area contributed by atoms with Gasteiger partial charge < -0.3 is 23.9 Å². The van der Waals surface area contributed by atoms with Gasteiger partial charge in [-0.1, -0.05) is 12.1 Å². The van der Waals surface area contributed by atoms with Crippen LogP contribution in [0.3, 0.4) is 0 Å². The smallest absolute Gasteiger partial charge is 0.349 e. The first-order valence-electron chi connectivity index (χ1n) is 11.0. The molecule has 0 amide bonds. The van der Waals surface area contributed by atoms with Crippen LogP contribution in [0.5, 0.6) is 11.8 Å². The second kappa shape index (κ2) is 8.57. The van der Waals surface area contributed by atoms with Crippen molar-refractivity contribution in [1.82, 2.24) is 9.97 Å². The molecule has 0 saturated carbocycles. The molecule has 1 aliphatic rings. The number of rotatable bonds is 4. The van der Waals surface area contributed by atoms with E-state index in [9.17, 15) is 14.3 Å². The molecule has 34 heavy (non-hydrogen) atoms. The van der Waals surface area contributed by atoms with Crippen molar-refractivity contribution in [3.05, 3.63) is 52.1 Å². The fraction of sp³-hybridized carbons (Fsp3) is 0.320. The molecule has 0 spiro atoms. The maximum atomic E-state index is 14.8. The molecule has 2 aromatic heterocycles. The van der Waals surface area contributed by atoms with Gasteiger partial charge in [0.05, 0.1) is 18.7 Å². The number of anilines is 1. The standard InChI is InChI=1S/C25H24FN3O5/c1-13-21-20(23(28-25(27-21)33-3)29-9-7-16(32-2)8-10-29)24(31)34-22(13)17-12-15(30)11-14-5-4-6-18(26)19(14)17/h4-6,11-12,16,30H,7-10H2,1-3H3. The number of hydrogen-bond donors (Lipinski definition) is 1. The molecule has 0 bridgehead atoms. The lowest BCUT2D eigenvalue weighted by Crippen LogP contribution is -2.37. The lowest BCUT2D eigenvalue weighted by Gasteiger charge is -2.32. The van der Waals surface area contributed by atoms with E-state index in [2.05, 4.69) is 9.97 Å². The van der Waals surface area contributed by atoms with Gasteiger partial charge in [0.15, 0.2) is 5.82 Å². The molecule has 1 N–H and O–H groups in total. The molecule has 1 fully saturated rings. The molecule has 1 saturated heterocycles. The van der Waals surface area contributed by atoms with Crippen LogP contribution in [0.2, 0.25) is 0 Å². The van der Waals surface area contributed by atoms with E-state index < -0.39 is 11.4 Å². The number of nitrogens with zero attached hydrogens (tertiary/aromatic N) is 3. The van der Waals surface area contributed by atoms with Crippen LogP contribution < -0.4 is 15.3 Å². The Labute approximate surface area is 194 Å². The molecule has 4 aromatic rings. The second-order valence-corrected chi connectivity index (χ2v) is 8.35. The van der Waals surface area contributed by atoms with Gasteiger partial charge in [0, 0.05) is 36.7 Å². The average Bonchev–Trinajstić information content (AvgIpc) is 2.85. The first-order chi connectivity index (χ1) is 16.4. The van der Waals surface area contributed by atoms with Crippen LogP contribution in [0.1, 0.15) is 18.4 Å². The van der Waals surface area contributed by atoms with Crippen LogP contribution in [0.25, 0.3) is 33.0 Å². The number of aryl methyl sites for hydroxylation is 1. The first-order valence-corrected chi connectivity index (χ1v) is 11.0. The number of benzene rings is 2. The highest BCUT2D eigenvalue weighted by molar-refractivity contribution is 6.00. The van der Waals surface area contributed by atoms with Gasteiger partial charge in [-0.15, -0.1) is 0 Å². The summed E-state index contributed by atoms with van der Waals surface area (Å²) in [7, 11) is 3.15. The Kier molecular flexibility index (Phi) is 5.57. The molecule has 0 aliphatic carbocycles. The number of halogens is 1. The minimum absolute atomic E-state index is 0.0720. The third-order valence-corrected chi connectivity index (χ3v) is 6.38. The van der Waals surface area contributed by atoms with E-state index in [-0.39, 0.29) is 40.0 Å². The fourth-order valence-corrected chi connectivity index (χ4v) is 4.64. The van der Waals surface area contributed by atoms with Crippen molar-refractivity contribution >= 4 is 27.5 Å². The molecule has 1 aliphatic heterocycles. The quantitative estimate of drug-likeness (QED) is 0.479. The Bertz CT molecular complexity index is 1460. The highest BCUT2D eigenvalue weighted by Gasteiger charge is 2.27. The predicted octanol–water partition coefficient (Wildman–Crippen LogP) is 4.18. The largest absolute Gasteiger partial charge is 0.508 e. The van der Waals surface area contributed by atoms with Gasteiger partial charge in [-0.25, -0.2) is 9.18 Å². The predicted molar refractivity (Wildman–Crippen MR) is 126 cm³/mol. The van der Waals surface area contributed by atoms with Crippen molar-refractivity contribution in [2.24, 2.45) is 0 Å². The number of fused-ring (bicyclic) bond motifs is 2. The summed E-state index contributed by atoms with van der Waals surface area (Å²) in [5, 5.41) is 11.2. The van der Waals surface area contributed by atoms with Gasteiger partial charge in [0.25, 0.3) is 0 Å². The summed E-state index contributed by atoms with van der Waals surface area (Å²) in [4.78, 5) is 24.2. The molecule has 0 radical (unpaired) electrons. The number of phenolic OH excluding ortho intramolecular Hbond substituents is 1. The molecule has 176 valence electrons.